The van der Waals surface area contributed by atoms with E-state index >= 15 is 0 Å². The quantitative estimate of drug-likeness (QED) is 0.390. The highest BCUT2D eigenvalue weighted by atomic mass is 16.5. The molecule has 3 N–H and O–H groups in total. The summed E-state index contributed by atoms with van der Waals surface area (Å²) in [7, 11) is 1.27. The number of nitrogens with zero attached hydrogens (tertiary/aromatic N) is 1. The first-order chi connectivity index (χ1) is 15.9. The zero-order chi connectivity index (χ0) is 23.5. The molecule has 3 aromatic carbocycles. The van der Waals surface area contributed by atoms with Crippen LogP contribution in [0.25, 0.3) is 22.4 Å². The second kappa shape index (κ2) is 9.16. The van der Waals surface area contributed by atoms with Crippen LogP contribution in [-0.2, 0) is 16.0 Å². The Hall–Kier alpha value is -4.13. The summed E-state index contributed by atoms with van der Waals surface area (Å²) < 4.78 is 4.87. The Morgan fingerprint density at radius 1 is 1.06 bits per heavy atom. The number of carbonyl (C=O) groups excluding carboxylic acids is 2. The Balaban J connectivity index is 1.62. The summed E-state index contributed by atoms with van der Waals surface area (Å²) in [4.78, 5) is 33.2. The zero-order valence-corrected chi connectivity index (χ0v) is 18.7. The Labute approximate surface area is 191 Å². The molecular weight excluding hydrogens is 418 g/mol. The third kappa shape index (κ3) is 4.72. The van der Waals surface area contributed by atoms with Crippen molar-refractivity contribution in [2.45, 2.75) is 26.3 Å². The van der Waals surface area contributed by atoms with Crippen LogP contribution in [0.1, 0.15) is 27.0 Å². The van der Waals surface area contributed by atoms with Gasteiger partial charge in [-0.15, -0.1) is 0 Å². The van der Waals surface area contributed by atoms with Crippen molar-refractivity contribution in [3.8, 4) is 17.1 Å². The number of rotatable bonds is 6. The van der Waals surface area contributed by atoms with Gasteiger partial charge >= 0.3 is 5.97 Å². The fourth-order valence-corrected chi connectivity index (χ4v) is 3.69. The zero-order valence-electron chi connectivity index (χ0n) is 18.7. The van der Waals surface area contributed by atoms with Gasteiger partial charge in [0.25, 0.3) is 5.91 Å². The number of ether oxygens (including phenoxy) is 1. The van der Waals surface area contributed by atoms with E-state index in [1.165, 1.54) is 13.2 Å². The van der Waals surface area contributed by atoms with E-state index in [-0.39, 0.29) is 17.7 Å². The van der Waals surface area contributed by atoms with Gasteiger partial charge in [-0.2, -0.15) is 0 Å². The maximum absolute atomic E-state index is 13.0. The van der Waals surface area contributed by atoms with Gasteiger partial charge in [0.2, 0.25) is 0 Å². The number of phenolic OH excluding ortho intramolecular Hbond substituents is 1. The van der Waals surface area contributed by atoms with Crippen molar-refractivity contribution in [1.82, 2.24) is 15.3 Å². The third-order valence-electron chi connectivity index (χ3n) is 5.69. The smallest absolute Gasteiger partial charge is 0.328 e. The standard InChI is InChI=1S/C26H25N3O4/c1-15-11-20-21(12-16(15)2)28-24(27-20)18-9-10-23(30)19(14-18)25(31)29-22(26(32)33-3)13-17-7-5-4-6-8-17/h4-12,14,22,30H,13H2,1-3H3,(H,27,28)(H,29,31)/t22-/m0/s1. The lowest BCUT2D eigenvalue weighted by Gasteiger charge is -2.17. The maximum atomic E-state index is 13.0. The fraction of sp³-hybridized carbons (Fsp3) is 0.192. The van der Waals surface area contributed by atoms with Gasteiger partial charge in [0, 0.05) is 12.0 Å². The molecule has 0 aliphatic carbocycles. The summed E-state index contributed by atoms with van der Waals surface area (Å²) in [6.45, 7) is 4.06. The van der Waals surface area contributed by atoms with Gasteiger partial charge < -0.3 is 20.1 Å². The number of hydrogen-bond acceptors (Lipinski definition) is 5. The number of aromatic hydroxyl groups is 1. The van der Waals surface area contributed by atoms with Crippen LogP contribution in [0.4, 0.5) is 0 Å². The molecule has 1 amide bonds. The lowest BCUT2D eigenvalue weighted by molar-refractivity contribution is -0.142. The Kier molecular flexibility index (Phi) is 6.13. The predicted octanol–water partition coefficient (Wildman–Crippen LogP) is 4.07. The van der Waals surface area contributed by atoms with Gasteiger partial charge in [-0.3, -0.25) is 4.79 Å². The number of hydrogen-bond donors (Lipinski definition) is 3. The first-order valence-electron chi connectivity index (χ1n) is 10.6. The lowest BCUT2D eigenvalue weighted by Crippen LogP contribution is -2.43. The largest absolute Gasteiger partial charge is 0.507 e. The highest BCUT2D eigenvalue weighted by Crippen LogP contribution is 2.27. The monoisotopic (exact) mass is 443 g/mol. The molecule has 168 valence electrons. The average Bonchev–Trinajstić information content (AvgIpc) is 3.21. The molecule has 0 saturated carbocycles. The Bertz CT molecular complexity index is 1290. The highest BCUT2D eigenvalue weighted by molar-refractivity contribution is 6.00. The van der Waals surface area contributed by atoms with Crippen LogP contribution in [0.3, 0.4) is 0 Å². The van der Waals surface area contributed by atoms with Gasteiger partial charge in [0.15, 0.2) is 0 Å². The van der Waals surface area contributed by atoms with Crippen LogP contribution >= 0.6 is 0 Å². The van der Waals surface area contributed by atoms with Crippen molar-refractivity contribution < 1.29 is 19.4 Å². The van der Waals surface area contributed by atoms with Crippen LogP contribution in [-0.4, -0.2) is 40.1 Å². The molecule has 0 spiro atoms. The van der Waals surface area contributed by atoms with E-state index in [2.05, 4.69) is 15.3 Å². The molecule has 0 aliphatic rings. The SMILES string of the molecule is COC(=O)[C@H](Cc1ccccc1)NC(=O)c1cc(-c2nc3cc(C)c(C)cc3[nH]2)ccc1O. The van der Waals surface area contributed by atoms with E-state index in [0.717, 1.165) is 27.7 Å². The van der Waals surface area contributed by atoms with Gasteiger partial charge in [-0.1, -0.05) is 30.3 Å². The molecular formula is C26H25N3O4. The summed E-state index contributed by atoms with van der Waals surface area (Å²) in [5.74, 6) is -0.755. The van der Waals surface area contributed by atoms with Gasteiger partial charge in [-0.25, -0.2) is 9.78 Å². The molecule has 4 rings (SSSR count). The first kappa shape index (κ1) is 22.1. The van der Waals surface area contributed by atoms with Gasteiger partial charge in [0.1, 0.15) is 17.6 Å². The predicted molar refractivity (Wildman–Crippen MR) is 126 cm³/mol. The fourth-order valence-electron chi connectivity index (χ4n) is 3.69. The van der Waals surface area contributed by atoms with Crippen LogP contribution in [0, 0.1) is 13.8 Å². The minimum absolute atomic E-state index is 0.0438. The molecule has 7 nitrogen and oxygen atoms in total. The maximum Gasteiger partial charge on any atom is 0.328 e. The first-order valence-corrected chi connectivity index (χ1v) is 10.6. The number of imidazole rings is 1. The number of carbonyl (C=O) groups is 2. The number of aryl methyl sites for hydroxylation is 2. The van der Waals surface area contributed by atoms with E-state index in [4.69, 9.17) is 4.74 Å². The van der Waals surface area contributed by atoms with Crippen molar-refractivity contribution in [2.24, 2.45) is 0 Å². The van der Waals surface area contributed by atoms with Crippen molar-refractivity contribution in [3.63, 3.8) is 0 Å². The number of aromatic nitrogens is 2. The van der Waals surface area contributed by atoms with E-state index in [1.54, 1.807) is 12.1 Å². The molecule has 0 aliphatic heterocycles. The molecule has 0 radical (unpaired) electrons. The van der Waals surface area contributed by atoms with E-state index in [9.17, 15) is 14.7 Å². The Morgan fingerprint density at radius 3 is 2.52 bits per heavy atom. The lowest BCUT2D eigenvalue weighted by atomic mass is 10.0. The number of esters is 1. The summed E-state index contributed by atoms with van der Waals surface area (Å²) in [5.41, 5.74) is 5.55. The Morgan fingerprint density at radius 2 is 1.79 bits per heavy atom. The topological polar surface area (TPSA) is 104 Å². The molecule has 1 atom stereocenters. The molecule has 4 aromatic rings. The second-order valence-electron chi connectivity index (χ2n) is 8.01. The molecule has 0 bridgehead atoms. The van der Waals surface area contributed by atoms with Crippen LogP contribution in [0.5, 0.6) is 5.75 Å². The summed E-state index contributed by atoms with van der Waals surface area (Å²) in [6, 6.07) is 17.1. The van der Waals surface area contributed by atoms with E-state index in [0.29, 0.717) is 11.4 Å². The highest BCUT2D eigenvalue weighted by Gasteiger charge is 2.24. The van der Waals surface area contributed by atoms with Crippen molar-refractivity contribution in [2.75, 3.05) is 7.11 Å². The number of H-pyrrole nitrogens is 1. The van der Waals surface area contributed by atoms with Crippen molar-refractivity contribution >= 4 is 22.9 Å². The number of aromatic amines is 1. The van der Waals surface area contributed by atoms with E-state index in [1.807, 2.05) is 56.3 Å². The van der Waals surface area contributed by atoms with Crippen LogP contribution in [0.2, 0.25) is 0 Å². The molecule has 0 saturated heterocycles. The normalized spacial score (nSPS) is 11.8. The van der Waals surface area contributed by atoms with Crippen molar-refractivity contribution in [1.29, 1.82) is 0 Å². The summed E-state index contributed by atoms with van der Waals surface area (Å²) in [6.07, 6.45) is 0.266. The average molecular weight is 444 g/mol. The number of fused-ring (bicyclic) bond motifs is 1. The minimum Gasteiger partial charge on any atom is -0.507 e. The minimum atomic E-state index is -0.898. The molecule has 0 fully saturated rings. The molecule has 1 aromatic heterocycles. The molecule has 33 heavy (non-hydrogen) atoms. The van der Waals surface area contributed by atoms with Crippen LogP contribution in [0.15, 0.2) is 60.7 Å². The molecule has 1 heterocycles. The number of nitrogens with one attached hydrogen (secondary N) is 2. The van der Waals surface area contributed by atoms with Gasteiger partial charge in [-0.05, 0) is 60.9 Å². The number of benzene rings is 3. The second-order valence-corrected chi connectivity index (χ2v) is 8.01. The molecule has 7 heteroatoms. The van der Waals surface area contributed by atoms with E-state index < -0.39 is 17.9 Å². The third-order valence-corrected chi connectivity index (χ3v) is 5.69. The molecule has 0 unspecified atom stereocenters. The number of amides is 1. The summed E-state index contributed by atoms with van der Waals surface area (Å²) >= 11 is 0. The number of phenols is 1. The van der Waals surface area contributed by atoms with Crippen molar-refractivity contribution in [3.05, 3.63) is 82.9 Å². The van der Waals surface area contributed by atoms with Gasteiger partial charge in [0.05, 0.1) is 23.7 Å². The number of methoxy groups -OCH3 is 1. The summed E-state index contributed by atoms with van der Waals surface area (Å²) in [5, 5.41) is 13.0. The van der Waals surface area contributed by atoms with Crippen LogP contribution < -0.4 is 5.32 Å².